The molecule has 0 saturated heterocycles. The maximum atomic E-state index is 10.6. The van der Waals surface area contributed by atoms with E-state index in [2.05, 4.69) is 18.2 Å². The van der Waals surface area contributed by atoms with Crippen LogP contribution in [-0.4, -0.2) is 25.0 Å². The van der Waals surface area contributed by atoms with Gasteiger partial charge in [0.1, 0.15) is 17.2 Å². The number of phenols is 1. The minimum Gasteiger partial charge on any atom is -0.507 e. The van der Waals surface area contributed by atoms with E-state index in [1.165, 1.54) is 0 Å². The van der Waals surface area contributed by atoms with Crippen molar-refractivity contribution in [2.75, 3.05) is 19.2 Å². The van der Waals surface area contributed by atoms with Crippen LogP contribution in [0, 0.1) is 0 Å². The van der Waals surface area contributed by atoms with E-state index >= 15 is 0 Å². The van der Waals surface area contributed by atoms with E-state index in [1.54, 1.807) is 26.4 Å². The lowest BCUT2D eigenvalue weighted by molar-refractivity contribution is 0.406. The van der Waals surface area contributed by atoms with Gasteiger partial charge in [-0.2, -0.15) is 5.10 Å². The Bertz CT molecular complexity index is 1300. The van der Waals surface area contributed by atoms with Crippen LogP contribution < -0.4 is 14.5 Å². The number of hydrogen-bond acceptors (Lipinski definition) is 5. The first-order chi connectivity index (χ1) is 15.7. The van der Waals surface area contributed by atoms with Crippen LogP contribution in [0.4, 0.5) is 5.69 Å². The second-order valence-corrected chi connectivity index (χ2v) is 7.70. The third kappa shape index (κ3) is 3.32. The lowest BCUT2D eigenvalue weighted by Gasteiger charge is -2.25. The van der Waals surface area contributed by atoms with E-state index in [4.69, 9.17) is 14.6 Å². The molecule has 1 N–H and O–H groups in total. The lowest BCUT2D eigenvalue weighted by atomic mass is 9.93. The van der Waals surface area contributed by atoms with Crippen molar-refractivity contribution >= 4 is 22.2 Å². The topological polar surface area (TPSA) is 54.3 Å². The van der Waals surface area contributed by atoms with Crippen LogP contribution in [-0.2, 0) is 0 Å². The van der Waals surface area contributed by atoms with Crippen molar-refractivity contribution in [3.05, 3.63) is 96.1 Å². The Labute approximate surface area is 187 Å². The zero-order valence-electron chi connectivity index (χ0n) is 18.0. The highest BCUT2D eigenvalue weighted by Crippen LogP contribution is 2.43. The second kappa shape index (κ2) is 8.27. The van der Waals surface area contributed by atoms with Gasteiger partial charge in [-0.3, -0.25) is 5.01 Å². The number of hydrazone groups is 1. The first-order valence-electron chi connectivity index (χ1n) is 10.5. The van der Waals surface area contributed by atoms with Gasteiger partial charge < -0.3 is 14.6 Å². The van der Waals surface area contributed by atoms with Gasteiger partial charge in [0, 0.05) is 11.8 Å². The van der Waals surface area contributed by atoms with Gasteiger partial charge in [0.2, 0.25) is 0 Å². The van der Waals surface area contributed by atoms with Crippen molar-refractivity contribution in [1.82, 2.24) is 0 Å². The number of fused-ring (bicyclic) bond motifs is 1. The molecule has 32 heavy (non-hydrogen) atoms. The molecule has 5 heteroatoms. The molecule has 5 rings (SSSR count). The Hall–Kier alpha value is -3.99. The number of rotatable bonds is 5. The molecule has 4 aromatic carbocycles. The number of aromatic hydroxyl groups is 1. The fraction of sp³-hybridized carbons (Fsp3) is 0.148. The normalized spacial score (nSPS) is 15.6. The maximum absolute atomic E-state index is 10.6. The molecule has 0 aliphatic carbocycles. The SMILES string of the molecule is COc1cccc(O)c1C1=NN(c2ccccc2)C(c2ccc(OC)c3ccccc23)C1. The summed E-state index contributed by atoms with van der Waals surface area (Å²) in [5, 5.41) is 19.8. The van der Waals surface area contributed by atoms with Crippen LogP contribution in [0.25, 0.3) is 10.8 Å². The maximum Gasteiger partial charge on any atom is 0.131 e. The van der Waals surface area contributed by atoms with Gasteiger partial charge in [0.15, 0.2) is 0 Å². The van der Waals surface area contributed by atoms with Crippen LogP contribution in [0.1, 0.15) is 23.6 Å². The van der Waals surface area contributed by atoms with Gasteiger partial charge in [0.25, 0.3) is 0 Å². The molecule has 1 atom stereocenters. The van der Waals surface area contributed by atoms with E-state index in [1.807, 2.05) is 59.6 Å². The van der Waals surface area contributed by atoms with Gasteiger partial charge in [-0.05, 0) is 41.3 Å². The van der Waals surface area contributed by atoms with Crippen molar-refractivity contribution in [2.24, 2.45) is 5.10 Å². The monoisotopic (exact) mass is 424 g/mol. The van der Waals surface area contributed by atoms with Gasteiger partial charge in [-0.1, -0.05) is 54.6 Å². The fourth-order valence-corrected chi connectivity index (χ4v) is 4.47. The molecule has 5 nitrogen and oxygen atoms in total. The third-order valence-corrected chi connectivity index (χ3v) is 5.94. The molecule has 0 amide bonds. The lowest BCUT2D eigenvalue weighted by Crippen LogP contribution is -2.18. The standard InChI is InChI=1S/C27H24N2O3/c1-31-25-16-15-20(19-11-6-7-12-21(19)25)23-17-22(27-24(30)13-8-14-26(27)32-2)28-29(23)18-9-4-3-5-10-18/h3-16,23,30H,17H2,1-2H3. The smallest absolute Gasteiger partial charge is 0.131 e. The van der Waals surface area contributed by atoms with Crippen LogP contribution in [0.3, 0.4) is 0 Å². The molecule has 0 radical (unpaired) electrons. The van der Waals surface area contributed by atoms with Crippen molar-refractivity contribution in [3.63, 3.8) is 0 Å². The number of hydrogen-bond donors (Lipinski definition) is 1. The summed E-state index contributed by atoms with van der Waals surface area (Å²) in [7, 11) is 3.30. The van der Waals surface area contributed by atoms with E-state index in [0.29, 0.717) is 17.7 Å². The van der Waals surface area contributed by atoms with Crippen molar-refractivity contribution < 1.29 is 14.6 Å². The van der Waals surface area contributed by atoms with Gasteiger partial charge >= 0.3 is 0 Å². The second-order valence-electron chi connectivity index (χ2n) is 7.70. The zero-order chi connectivity index (χ0) is 22.1. The summed E-state index contributed by atoms with van der Waals surface area (Å²) >= 11 is 0. The van der Waals surface area contributed by atoms with Gasteiger partial charge in [-0.15, -0.1) is 0 Å². The molecule has 1 aliphatic rings. The molecule has 1 heterocycles. The van der Waals surface area contributed by atoms with Crippen LogP contribution in [0.15, 0.2) is 90.0 Å². The van der Waals surface area contributed by atoms with Crippen molar-refractivity contribution in [1.29, 1.82) is 0 Å². The van der Waals surface area contributed by atoms with Crippen LogP contribution in [0.2, 0.25) is 0 Å². The van der Waals surface area contributed by atoms with Crippen molar-refractivity contribution in [3.8, 4) is 17.2 Å². The van der Waals surface area contributed by atoms with E-state index in [0.717, 1.165) is 33.5 Å². The molecule has 0 bridgehead atoms. The first kappa shape index (κ1) is 19.9. The average molecular weight is 425 g/mol. The molecule has 160 valence electrons. The summed E-state index contributed by atoms with van der Waals surface area (Å²) in [4.78, 5) is 0. The molecule has 4 aromatic rings. The molecule has 0 saturated carbocycles. The predicted molar refractivity (Wildman–Crippen MR) is 128 cm³/mol. The highest BCUT2D eigenvalue weighted by atomic mass is 16.5. The Morgan fingerprint density at radius 1 is 0.781 bits per heavy atom. The Balaban J connectivity index is 1.68. The molecule has 0 aromatic heterocycles. The minimum absolute atomic E-state index is 0.0486. The summed E-state index contributed by atoms with van der Waals surface area (Å²) in [5.41, 5.74) is 3.56. The van der Waals surface area contributed by atoms with E-state index in [-0.39, 0.29) is 11.8 Å². The minimum atomic E-state index is -0.0486. The fourth-order valence-electron chi connectivity index (χ4n) is 4.47. The summed E-state index contributed by atoms with van der Waals surface area (Å²) in [5.74, 6) is 1.62. The quantitative estimate of drug-likeness (QED) is 0.432. The number of methoxy groups -OCH3 is 2. The Morgan fingerprint density at radius 3 is 2.25 bits per heavy atom. The average Bonchev–Trinajstić information content (AvgIpc) is 3.28. The predicted octanol–water partition coefficient (Wildman–Crippen LogP) is 5.92. The number of nitrogens with zero attached hydrogens (tertiary/aromatic N) is 2. The largest absolute Gasteiger partial charge is 0.507 e. The molecule has 1 aliphatic heterocycles. The number of phenolic OH excluding ortho intramolecular Hbond substituents is 1. The summed E-state index contributed by atoms with van der Waals surface area (Å²) in [6, 6.07) is 27.7. The number of anilines is 1. The molecule has 0 spiro atoms. The third-order valence-electron chi connectivity index (χ3n) is 5.94. The van der Waals surface area contributed by atoms with Gasteiger partial charge in [-0.25, -0.2) is 0 Å². The van der Waals surface area contributed by atoms with Crippen molar-refractivity contribution in [2.45, 2.75) is 12.5 Å². The number of ether oxygens (including phenoxy) is 2. The molecular formula is C27H24N2O3. The molecule has 0 fully saturated rings. The Morgan fingerprint density at radius 2 is 1.50 bits per heavy atom. The summed E-state index contributed by atoms with van der Waals surface area (Å²) in [6.45, 7) is 0. The van der Waals surface area contributed by atoms with E-state index in [9.17, 15) is 5.11 Å². The van der Waals surface area contributed by atoms with E-state index < -0.39 is 0 Å². The first-order valence-corrected chi connectivity index (χ1v) is 10.5. The van der Waals surface area contributed by atoms with Crippen LogP contribution >= 0.6 is 0 Å². The number of para-hydroxylation sites is 1. The molecule has 1 unspecified atom stereocenters. The van der Waals surface area contributed by atoms with Crippen LogP contribution in [0.5, 0.6) is 17.2 Å². The molecular weight excluding hydrogens is 400 g/mol. The summed E-state index contributed by atoms with van der Waals surface area (Å²) in [6.07, 6.45) is 0.624. The Kier molecular flexibility index (Phi) is 5.15. The highest BCUT2D eigenvalue weighted by molar-refractivity contribution is 6.08. The summed E-state index contributed by atoms with van der Waals surface area (Å²) < 4.78 is 11.1. The number of benzene rings is 4. The zero-order valence-corrected chi connectivity index (χ0v) is 18.0. The van der Waals surface area contributed by atoms with Gasteiger partial charge in [0.05, 0.1) is 37.2 Å². The highest BCUT2D eigenvalue weighted by Gasteiger charge is 2.33.